The highest BCUT2D eigenvalue weighted by Gasteiger charge is 2.56. The number of aliphatic hydroxyl groups excluding tert-OH is 1. The van der Waals surface area contributed by atoms with Crippen molar-refractivity contribution in [3.63, 3.8) is 0 Å². The molecule has 378 valence electrons. The molecule has 1 aromatic rings. The third kappa shape index (κ3) is 17.6. The van der Waals surface area contributed by atoms with Crippen molar-refractivity contribution in [3.8, 4) is 17.6 Å². The fourth-order valence-corrected chi connectivity index (χ4v) is 10.1. The molecule has 0 amide bonds. The van der Waals surface area contributed by atoms with E-state index in [0.717, 1.165) is 11.3 Å². The Morgan fingerprint density at radius 1 is 0.708 bits per heavy atom. The third-order valence-corrected chi connectivity index (χ3v) is 27.7. The van der Waals surface area contributed by atoms with Crippen LogP contribution in [-0.4, -0.2) is 126 Å². The van der Waals surface area contributed by atoms with Gasteiger partial charge in [0.2, 0.25) is 0 Å². The van der Waals surface area contributed by atoms with E-state index in [-0.39, 0.29) is 47.1 Å². The Bertz CT molecular complexity index is 1620. The molecule has 2 rings (SSSR count). The molecule has 0 radical (unpaired) electrons. The molecule has 1 aromatic carbocycles. The van der Waals surface area contributed by atoms with Crippen molar-refractivity contribution >= 4 is 25.0 Å². The molecule has 1 saturated heterocycles. The second-order valence-electron chi connectivity index (χ2n) is 23.4. The molecule has 0 aliphatic carbocycles. The SMILES string of the molecule is COCO[C@@H]([C@@H](C)CO[Si](C)(C)C(C)(C)C)[C@@H](O)C[C@H](C)[C@@H](C#C[C@@](C)(OCOC)[C@@H]1OC(C)(C)O[C@@H]1[C@@H](CO[Si](C)(C)C(C)(C)C)O[Si](C)(C)C(C)(C)C)OCc1ccc(OC)cc1. The van der Waals surface area contributed by atoms with Gasteiger partial charge in [0.05, 0.1) is 38.6 Å². The number of ether oxygens (including phenoxy) is 8. The number of hydrogen-bond donors (Lipinski definition) is 1. The largest absolute Gasteiger partial charge is 0.497 e. The molecular weight excluding hydrogens is 877 g/mol. The lowest BCUT2D eigenvalue weighted by atomic mass is 9.89. The normalized spacial score (nSPS) is 21.4. The van der Waals surface area contributed by atoms with Gasteiger partial charge in [-0.3, -0.25) is 0 Å². The van der Waals surface area contributed by atoms with Gasteiger partial charge in [-0.05, 0) is 105 Å². The minimum absolute atomic E-state index is 0.0145. The van der Waals surface area contributed by atoms with Gasteiger partial charge in [-0.15, -0.1) is 0 Å². The van der Waals surface area contributed by atoms with Crippen molar-refractivity contribution in [2.45, 2.75) is 212 Å². The van der Waals surface area contributed by atoms with Crippen LogP contribution in [0.15, 0.2) is 24.3 Å². The first-order valence-electron chi connectivity index (χ1n) is 23.6. The molecule has 9 atom stereocenters. The van der Waals surface area contributed by atoms with Crippen LogP contribution in [0.25, 0.3) is 0 Å². The minimum Gasteiger partial charge on any atom is -0.497 e. The Balaban J connectivity index is 2.70. The number of methoxy groups -OCH3 is 3. The Morgan fingerprint density at radius 2 is 1.23 bits per heavy atom. The van der Waals surface area contributed by atoms with Crippen LogP contribution in [0.3, 0.4) is 0 Å². The van der Waals surface area contributed by atoms with E-state index in [1.165, 1.54) is 0 Å². The van der Waals surface area contributed by atoms with Crippen molar-refractivity contribution < 1.29 is 56.3 Å². The lowest BCUT2D eigenvalue weighted by Gasteiger charge is -2.44. The summed E-state index contributed by atoms with van der Waals surface area (Å²) in [6.45, 7) is 44.4. The van der Waals surface area contributed by atoms with E-state index < -0.39 is 73.0 Å². The zero-order valence-electron chi connectivity index (χ0n) is 45.1. The van der Waals surface area contributed by atoms with E-state index in [4.69, 9.17) is 51.2 Å². The highest BCUT2D eigenvalue weighted by Crippen LogP contribution is 2.44. The molecule has 65 heavy (non-hydrogen) atoms. The van der Waals surface area contributed by atoms with Gasteiger partial charge in [-0.1, -0.05) is 100 Å². The maximum Gasteiger partial charge on any atom is 0.192 e. The van der Waals surface area contributed by atoms with Gasteiger partial charge in [-0.25, -0.2) is 0 Å². The third-order valence-electron chi connectivity index (χ3n) is 14.2. The Labute approximate surface area is 399 Å². The van der Waals surface area contributed by atoms with Crippen molar-refractivity contribution in [3.05, 3.63) is 29.8 Å². The fraction of sp³-hybridized carbons (Fsp3) is 0.840. The summed E-state index contributed by atoms with van der Waals surface area (Å²) in [5, 5.41) is 11.9. The van der Waals surface area contributed by atoms with Gasteiger partial charge in [0.1, 0.15) is 37.6 Å². The first-order chi connectivity index (χ1) is 29.6. The number of rotatable bonds is 25. The molecule has 0 unspecified atom stereocenters. The molecule has 1 heterocycles. The number of hydrogen-bond acceptors (Lipinski definition) is 12. The van der Waals surface area contributed by atoms with Crippen LogP contribution in [0.5, 0.6) is 5.75 Å². The second kappa shape index (κ2) is 24.1. The molecule has 0 bridgehead atoms. The Hall–Kier alpha value is -1.21. The van der Waals surface area contributed by atoms with Crippen LogP contribution in [0.2, 0.25) is 54.4 Å². The standard InChI is InChI=1S/C50H94O12Si3/c1-36(30-40(51)43(56-34-52-15)37(2)31-58-63(18,19)46(3,4)5)41(55-32-38-24-26-39(54-17)27-25-38)28-29-50(14,57-35-53-16)45-44(60-49(12,13)61-45)42(62-65(22,23)48(9,10)11)33-59-64(20,21)47(6,7)8/h24-27,36-37,40-45,51H,30-35H2,1-23H3/t36-,37-,40-,41+,42+,43-,44+,45+,50+/m0/s1. The smallest absolute Gasteiger partial charge is 0.192 e. The van der Waals surface area contributed by atoms with E-state index in [1.807, 2.05) is 52.0 Å². The van der Waals surface area contributed by atoms with Crippen LogP contribution in [0.4, 0.5) is 0 Å². The lowest BCUT2D eigenvalue weighted by molar-refractivity contribution is -0.183. The molecule has 1 aliphatic rings. The number of benzene rings is 1. The van der Waals surface area contributed by atoms with Crippen LogP contribution in [-0.2, 0) is 53.0 Å². The van der Waals surface area contributed by atoms with E-state index in [1.54, 1.807) is 21.3 Å². The Morgan fingerprint density at radius 3 is 1.72 bits per heavy atom. The van der Waals surface area contributed by atoms with E-state index in [9.17, 15) is 5.11 Å². The molecule has 0 spiro atoms. The highest BCUT2D eigenvalue weighted by atomic mass is 28.4. The molecule has 1 N–H and O–H groups in total. The molecule has 15 heteroatoms. The summed E-state index contributed by atoms with van der Waals surface area (Å²) < 4.78 is 70.2. The summed E-state index contributed by atoms with van der Waals surface area (Å²) in [5.41, 5.74) is -0.330. The van der Waals surface area contributed by atoms with Gasteiger partial charge in [-0.2, -0.15) is 0 Å². The topological polar surface area (TPSA) is 122 Å². The average Bonchev–Trinajstić information content (AvgIpc) is 3.52. The van der Waals surface area contributed by atoms with Crippen LogP contribution >= 0.6 is 0 Å². The van der Waals surface area contributed by atoms with Crippen molar-refractivity contribution in [2.75, 3.05) is 48.1 Å². The fourth-order valence-electron chi connectivity index (χ4n) is 6.68. The molecule has 0 aromatic heterocycles. The van der Waals surface area contributed by atoms with Crippen LogP contribution in [0.1, 0.15) is 109 Å². The van der Waals surface area contributed by atoms with Crippen molar-refractivity contribution in [1.82, 2.24) is 0 Å². The zero-order chi connectivity index (χ0) is 50.0. The Kier molecular flexibility index (Phi) is 22.2. The summed E-state index contributed by atoms with van der Waals surface area (Å²) >= 11 is 0. The first kappa shape index (κ1) is 59.9. The molecule has 12 nitrogen and oxygen atoms in total. The average molecular weight is 972 g/mol. The summed E-state index contributed by atoms with van der Waals surface area (Å²) in [5.74, 6) is 6.35. The molecule has 1 fully saturated rings. The van der Waals surface area contributed by atoms with Gasteiger partial charge >= 0.3 is 0 Å². The van der Waals surface area contributed by atoms with Crippen molar-refractivity contribution in [1.29, 1.82) is 0 Å². The van der Waals surface area contributed by atoms with Crippen LogP contribution < -0.4 is 4.74 Å². The summed E-state index contributed by atoms with van der Waals surface area (Å²) in [7, 11) is -1.84. The monoisotopic (exact) mass is 971 g/mol. The van der Waals surface area contributed by atoms with Gasteiger partial charge in [0, 0.05) is 26.7 Å². The van der Waals surface area contributed by atoms with E-state index in [0.29, 0.717) is 19.6 Å². The highest BCUT2D eigenvalue weighted by molar-refractivity contribution is 6.75. The minimum atomic E-state index is -2.38. The molecular formula is C50H94O12Si3. The summed E-state index contributed by atoms with van der Waals surface area (Å²) in [6, 6.07) is 7.75. The van der Waals surface area contributed by atoms with Gasteiger partial charge in [0.25, 0.3) is 0 Å². The van der Waals surface area contributed by atoms with Gasteiger partial charge in [0.15, 0.2) is 36.3 Å². The zero-order valence-corrected chi connectivity index (χ0v) is 48.1. The maximum atomic E-state index is 12.0. The predicted molar refractivity (Wildman–Crippen MR) is 269 cm³/mol. The number of aliphatic hydroxyl groups is 1. The molecule has 1 aliphatic heterocycles. The van der Waals surface area contributed by atoms with Crippen LogP contribution in [0, 0.1) is 23.7 Å². The second-order valence-corrected chi connectivity index (χ2v) is 37.8. The molecule has 0 saturated carbocycles. The lowest BCUT2D eigenvalue weighted by Crippen LogP contribution is -2.57. The van der Waals surface area contributed by atoms with Gasteiger partial charge < -0.3 is 56.3 Å². The predicted octanol–water partition coefficient (Wildman–Crippen LogP) is 10.9. The van der Waals surface area contributed by atoms with E-state index >= 15 is 0 Å². The summed E-state index contributed by atoms with van der Waals surface area (Å²) in [6.07, 6.45) is -3.62. The summed E-state index contributed by atoms with van der Waals surface area (Å²) in [4.78, 5) is 0. The van der Waals surface area contributed by atoms with E-state index in [2.05, 4.69) is 120 Å². The van der Waals surface area contributed by atoms with Crippen molar-refractivity contribution in [2.24, 2.45) is 11.8 Å². The maximum absolute atomic E-state index is 12.0. The first-order valence-corrected chi connectivity index (χ1v) is 32.3. The quantitative estimate of drug-likeness (QED) is 0.0570.